The molecule has 2 heterocycles. The maximum absolute atomic E-state index is 12.0. The topological polar surface area (TPSA) is 77.4 Å². The van der Waals surface area contributed by atoms with E-state index in [2.05, 4.69) is 29.5 Å². The highest BCUT2D eigenvalue weighted by molar-refractivity contribution is 8.00. The van der Waals surface area contributed by atoms with E-state index in [1.54, 1.807) is 24.3 Å². The van der Waals surface area contributed by atoms with E-state index in [9.17, 15) is 4.79 Å². The predicted molar refractivity (Wildman–Crippen MR) is 144 cm³/mol. The van der Waals surface area contributed by atoms with Gasteiger partial charge in [0, 0.05) is 41.0 Å². The number of aryl methyl sites for hydroxylation is 1. The molecule has 2 amide bonds. The smallest absolute Gasteiger partial charge is 0.319 e. The Morgan fingerprint density at radius 1 is 1.17 bits per heavy atom. The molecule has 36 heavy (non-hydrogen) atoms. The maximum Gasteiger partial charge on any atom is 0.319 e. The van der Waals surface area contributed by atoms with Crippen LogP contribution in [0.1, 0.15) is 45.6 Å². The number of hydrogen-bond acceptors (Lipinski definition) is 5. The fraction of sp³-hybridized carbons (Fsp3) is 0.407. The Morgan fingerprint density at radius 2 is 1.92 bits per heavy atom. The minimum atomic E-state index is -0.975. The average Bonchev–Trinajstić information content (AvgIpc) is 3.51. The lowest BCUT2D eigenvalue weighted by molar-refractivity contribution is -0.245. The number of ether oxygens (including phenoxy) is 2. The summed E-state index contributed by atoms with van der Waals surface area (Å²) in [6.45, 7) is 6.85. The molecule has 0 bridgehead atoms. The first-order chi connectivity index (χ1) is 17.4. The van der Waals surface area contributed by atoms with Crippen molar-refractivity contribution in [2.75, 3.05) is 11.9 Å². The van der Waals surface area contributed by atoms with Gasteiger partial charge in [-0.05, 0) is 68.1 Å². The van der Waals surface area contributed by atoms with E-state index >= 15 is 0 Å². The monoisotopic (exact) mass is 528 g/mol. The number of amides is 2. The second kappa shape index (κ2) is 11.7. The predicted octanol–water partition coefficient (Wildman–Crippen LogP) is 6.65. The molecular weight excluding hydrogens is 496 g/mol. The number of aromatic nitrogens is 2. The first-order valence-corrected chi connectivity index (χ1v) is 13.5. The molecule has 1 saturated heterocycles. The van der Waals surface area contributed by atoms with Crippen molar-refractivity contribution in [1.82, 2.24) is 14.9 Å². The van der Waals surface area contributed by atoms with Crippen LogP contribution in [0.15, 0.2) is 72.1 Å². The number of nitrogens with one attached hydrogen (secondary N) is 2. The number of thioether (sulfide) groups is 1. The lowest BCUT2D eigenvalue weighted by Crippen LogP contribution is -2.37. The number of carbonyl (C=O) groups is 1. The van der Waals surface area contributed by atoms with Gasteiger partial charge < -0.3 is 20.1 Å². The van der Waals surface area contributed by atoms with E-state index in [4.69, 9.17) is 21.1 Å². The zero-order chi connectivity index (χ0) is 25.6. The summed E-state index contributed by atoms with van der Waals surface area (Å²) in [5.74, 6) is -0.975. The van der Waals surface area contributed by atoms with Crippen molar-refractivity contribution >= 4 is 35.1 Å². The third kappa shape index (κ3) is 6.24. The normalized spacial score (nSPS) is 23.5. The zero-order valence-electron chi connectivity index (χ0n) is 20.9. The molecule has 1 fully saturated rings. The molecule has 4 rings (SSSR count). The van der Waals surface area contributed by atoms with Gasteiger partial charge in [0.25, 0.3) is 5.91 Å². The number of anilines is 1. The largest absolute Gasteiger partial charge is 0.338 e. The highest BCUT2D eigenvalue weighted by Crippen LogP contribution is 2.51. The van der Waals surface area contributed by atoms with Crippen molar-refractivity contribution in [3.05, 3.63) is 77.8 Å². The Labute approximate surface area is 221 Å². The van der Waals surface area contributed by atoms with E-state index in [0.717, 1.165) is 35.4 Å². The Bertz CT molecular complexity index is 1130. The van der Waals surface area contributed by atoms with Crippen molar-refractivity contribution < 1.29 is 14.3 Å². The number of rotatable bonds is 10. The van der Waals surface area contributed by atoms with Crippen LogP contribution in [0.5, 0.6) is 0 Å². The number of hydrogen-bond donors (Lipinski definition) is 2. The Morgan fingerprint density at radius 3 is 2.56 bits per heavy atom. The highest BCUT2D eigenvalue weighted by atomic mass is 35.5. The Balaban J connectivity index is 1.50. The minimum Gasteiger partial charge on any atom is -0.338 e. The summed E-state index contributed by atoms with van der Waals surface area (Å²) < 4.78 is 15.4. The van der Waals surface area contributed by atoms with E-state index in [0.29, 0.717) is 18.0 Å². The molecule has 1 aromatic heterocycles. The zero-order valence-corrected chi connectivity index (χ0v) is 22.4. The number of halogens is 1. The van der Waals surface area contributed by atoms with Gasteiger partial charge in [0.2, 0.25) is 0 Å². The third-order valence-electron chi connectivity index (χ3n) is 6.15. The quantitative estimate of drug-likeness (QED) is 0.308. The molecule has 2 aromatic carbocycles. The lowest BCUT2D eigenvalue weighted by Gasteiger charge is -2.31. The van der Waals surface area contributed by atoms with Gasteiger partial charge in [0.05, 0.1) is 6.33 Å². The SMILES string of the molecule is CCCNC(=O)Nc1ccc(S[C@]2(C)O[C@@](CCc3ccc(Cl)cc3)(n3ccnc3)OC2CC)cc1. The molecule has 3 atom stereocenters. The van der Waals surface area contributed by atoms with Crippen LogP contribution in [0.4, 0.5) is 10.5 Å². The van der Waals surface area contributed by atoms with Crippen LogP contribution in [0.3, 0.4) is 0 Å². The molecule has 0 radical (unpaired) electrons. The molecule has 0 saturated carbocycles. The lowest BCUT2D eigenvalue weighted by atomic mass is 10.1. The molecular formula is C27H33ClN4O3S. The van der Waals surface area contributed by atoms with Crippen molar-refractivity contribution in [1.29, 1.82) is 0 Å². The van der Waals surface area contributed by atoms with Gasteiger partial charge in [0.1, 0.15) is 11.0 Å². The number of urea groups is 1. The standard InChI is InChI=1S/C27H33ClN4O3S/c1-4-16-30-25(33)31-22-10-12-23(13-11-22)36-26(3)24(5-2)34-27(35-26,32-18-17-29-19-32)15-14-20-6-8-21(28)9-7-20/h6-13,17-19,24H,4-5,14-16H2,1-3H3,(H2,30,31,33)/t24?,26-,27-/m0/s1. The average molecular weight is 529 g/mol. The van der Waals surface area contributed by atoms with Crippen molar-refractivity contribution in [3.63, 3.8) is 0 Å². The first-order valence-electron chi connectivity index (χ1n) is 12.3. The van der Waals surface area contributed by atoms with Crippen LogP contribution < -0.4 is 10.6 Å². The highest BCUT2D eigenvalue weighted by Gasteiger charge is 2.55. The maximum atomic E-state index is 12.0. The molecule has 2 N–H and O–H groups in total. The van der Waals surface area contributed by atoms with Gasteiger partial charge in [-0.2, -0.15) is 0 Å². The van der Waals surface area contributed by atoms with Crippen LogP contribution in [0.25, 0.3) is 0 Å². The van der Waals surface area contributed by atoms with Gasteiger partial charge in [-0.25, -0.2) is 9.78 Å². The molecule has 0 aliphatic carbocycles. The summed E-state index contributed by atoms with van der Waals surface area (Å²) in [5, 5.41) is 6.39. The summed E-state index contributed by atoms with van der Waals surface area (Å²) >= 11 is 7.69. The summed E-state index contributed by atoms with van der Waals surface area (Å²) in [6.07, 6.45) is 8.28. The summed E-state index contributed by atoms with van der Waals surface area (Å²) in [4.78, 5) is 16.6. The Kier molecular flexibility index (Phi) is 8.62. The molecule has 3 aromatic rings. The van der Waals surface area contributed by atoms with E-state index in [-0.39, 0.29) is 12.1 Å². The number of benzene rings is 2. The molecule has 1 unspecified atom stereocenters. The van der Waals surface area contributed by atoms with Gasteiger partial charge in [-0.1, -0.05) is 49.3 Å². The molecule has 1 aliphatic rings. The summed E-state index contributed by atoms with van der Waals surface area (Å²) in [5.41, 5.74) is 1.90. The third-order valence-corrected chi connectivity index (χ3v) is 7.66. The summed E-state index contributed by atoms with van der Waals surface area (Å²) in [7, 11) is 0. The van der Waals surface area contributed by atoms with Gasteiger partial charge in [0.15, 0.2) is 0 Å². The van der Waals surface area contributed by atoms with Crippen LogP contribution in [0.2, 0.25) is 5.02 Å². The van der Waals surface area contributed by atoms with Gasteiger partial charge in [-0.15, -0.1) is 0 Å². The van der Waals surface area contributed by atoms with Crippen LogP contribution in [0, 0.1) is 0 Å². The van der Waals surface area contributed by atoms with Crippen LogP contribution in [-0.2, 0) is 21.8 Å². The van der Waals surface area contributed by atoms with E-state index < -0.39 is 10.8 Å². The Hall–Kier alpha value is -2.52. The van der Waals surface area contributed by atoms with Crippen molar-refractivity contribution in [2.45, 2.75) is 68.3 Å². The number of nitrogens with zero attached hydrogens (tertiary/aromatic N) is 2. The van der Waals surface area contributed by atoms with Crippen molar-refractivity contribution in [2.24, 2.45) is 0 Å². The second-order valence-corrected chi connectivity index (χ2v) is 10.9. The fourth-order valence-corrected chi connectivity index (χ4v) is 5.68. The van der Waals surface area contributed by atoms with Gasteiger partial charge in [-0.3, -0.25) is 4.57 Å². The molecule has 192 valence electrons. The van der Waals surface area contributed by atoms with E-state index in [1.807, 2.05) is 66.2 Å². The van der Waals surface area contributed by atoms with Crippen LogP contribution in [-0.4, -0.2) is 33.2 Å². The fourth-order valence-electron chi connectivity index (χ4n) is 4.30. The number of imidazole rings is 1. The molecule has 7 nitrogen and oxygen atoms in total. The number of carbonyl (C=O) groups excluding carboxylic acids is 1. The first kappa shape index (κ1) is 26.5. The van der Waals surface area contributed by atoms with Gasteiger partial charge >= 0.3 is 6.03 Å². The molecule has 0 spiro atoms. The summed E-state index contributed by atoms with van der Waals surface area (Å²) in [6, 6.07) is 15.4. The molecule has 9 heteroatoms. The molecule has 1 aliphatic heterocycles. The second-order valence-electron chi connectivity index (χ2n) is 8.95. The van der Waals surface area contributed by atoms with E-state index in [1.165, 1.54) is 0 Å². The van der Waals surface area contributed by atoms with Crippen molar-refractivity contribution in [3.8, 4) is 0 Å². The van der Waals surface area contributed by atoms with Crippen LogP contribution >= 0.6 is 23.4 Å². The minimum absolute atomic E-state index is 0.146.